The second-order valence-corrected chi connectivity index (χ2v) is 18.6. The number of halogens is 2. The summed E-state index contributed by atoms with van der Waals surface area (Å²) < 4.78 is 49.3. The molecule has 0 spiro atoms. The van der Waals surface area contributed by atoms with E-state index in [2.05, 4.69) is 47.3 Å². The first-order valence-electron chi connectivity index (χ1n) is 22.2. The third-order valence-corrected chi connectivity index (χ3v) is 14.0. The number of imidazole rings is 1. The lowest BCUT2D eigenvalue weighted by Crippen LogP contribution is -2.41. The van der Waals surface area contributed by atoms with Gasteiger partial charge in [0, 0.05) is 55.5 Å². The summed E-state index contributed by atoms with van der Waals surface area (Å²) in [6, 6.07) is 16.6. The van der Waals surface area contributed by atoms with Crippen LogP contribution in [-0.2, 0) is 30.2 Å². The summed E-state index contributed by atoms with van der Waals surface area (Å²) in [5, 5.41) is 14.6. The molecule has 2 aliphatic heterocycles. The van der Waals surface area contributed by atoms with E-state index in [1.54, 1.807) is 51.8 Å². The predicted molar refractivity (Wildman–Crippen MR) is 237 cm³/mol. The molecule has 0 unspecified atom stereocenters. The van der Waals surface area contributed by atoms with Crippen molar-refractivity contribution in [2.45, 2.75) is 89.4 Å². The van der Waals surface area contributed by atoms with Crippen LogP contribution >= 0.6 is 0 Å². The average Bonchev–Trinajstić information content (AvgIpc) is 3.73. The molecule has 1 saturated heterocycles. The minimum Gasteiger partial charge on any atom is -0.376 e. The number of nitrogens with zero attached hydrogens (tertiary/aromatic N) is 9. The second-order valence-electron chi connectivity index (χ2n) is 18.6. The van der Waals surface area contributed by atoms with Gasteiger partial charge in [-0.25, -0.2) is 23.1 Å². The van der Waals surface area contributed by atoms with Crippen LogP contribution in [0.4, 0.5) is 8.78 Å². The minimum atomic E-state index is -0.805. The first-order chi connectivity index (χ1) is 31.2. The van der Waals surface area contributed by atoms with Gasteiger partial charge in [-0.1, -0.05) is 23.4 Å². The molecule has 17 heteroatoms. The number of ether oxygens (including phenoxy) is 1. The maximum absolute atomic E-state index is 16.1. The van der Waals surface area contributed by atoms with Crippen LogP contribution in [0, 0.1) is 17.6 Å². The van der Waals surface area contributed by atoms with E-state index < -0.39 is 34.9 Å². The number of aromatic amines is 1. The van der Waals surface area contributed by atoms with Crippen LogP contribution in [0.25, 0.3) is 33.3 Å². The molecule has 334 valence electrons. The number of aromatic nitrogens is 9. The Labute approximate surface area is 370 Å². The van der Waals surface area contributed by atoms with Gasteiger partial charge in [0.1, 0.15) is 22.9 Å². The highest BCUT2D eigenvalue weighted by atomic mass is 19.1. The fraction of sp³-hybridized carbons (Fsp3) is 0.375. The van der Waals surface area contributed by atoms with E-state index in [0.717, 1.165) is 47.9 Å². The summed E-state index contributed by atoms with van der Waals surface area (Å²) >= 11 is 0. The number of rotatable bonds is 9. The Balaban J connectivity index is 1.02. The van der Waals surface area contributed by atoms with Crippen molar-refractivity contribution in [3.63, 3.8) is 0 Å². The van der Waals surface area contributed by atoms with Crippen LogP contribution in [0.1, 0.15) is 104 Å². The molecule has 0 radical (unpaired) electrons. The van der Waals surface area contributed by atoms with Crippen molar-refractivity contribution in [1.82, 2.24) is 48.3 Å². The minimum absolute atomic E-state index is 0.0562. The standard InChI is InChI=1S/C48H48F2N10O5/c1-27(31-7-9-33(49)10-8-31)60-42(58-20-19-57(46(58)63)38-13-12-37-34(41(38)50)26-51-55(37)5)40-28(2)56(18-14-35(40)53-60)43(61)39-24-32-23-29(22-30-15-21-64-47(3,4)25-30)6-11-36(32)59(39)48(16-17-48)44-52-45(62)65-54-44/h6-13,19-20,23-24,26-28,30H,14-18,21-22,25H2,1-5H3,(H,52,54,62)/t27-,28+,30-/m1/s1. The Morgan fingerprint density at radius 3 is 2.51 bits per heavy atom. The van der Waals surface area contributed by atoms with Gasteiger partial charge in [0.25, 0.3) is 5.91 Å². The molecule has 1 saturated carbocycles. The number of benzene rings is 3. The van der Waals surface area contributed by atoms with E-state index >= 15 is 9.18 Å². The van der Waals surface area contributed by atoms with E-state index in [0.29, 0.717) is 65.8 Å². The number of H-pyrrole nitrogens is 1. The molecule has 3 aromatic carbocycles. The number of hydrogen-bond donors (Lipinski definition) is 1. The smallest absolute Gasteiger partial charge is 0.376 e. The van der Waals surface area contributed by atoms with Crippen molar-refractivity contribution in [2.75, 3.05) is 13.2 Å². The molecule has 0 bridgehead atoms. The third-order valence-electron chi connectivity index (χ3n) is 14.0. The van der Waals surface area contributed by atoms with E-state index in [9.17, 15) is 14.0 Å². The zero-order valence-corrected chi connectivity index (χ0v) is 36.7. The molecule has 3 atom stereocenters. The van der Waals surface area contributed by atoms with Gasteiger partial charge in [-0.15, -0.1) is 0 Å². The van der Waals surface area contributed by atoms with Crippen molar-refractivity contribution in [2.24, 2.45) is 13.0 Å². The van der Waals surface area contributed by atoms with Gasteiger partial charge in [0.2, 0.25) is 0 Å². The highest BCUT2D eigenvalue weighted by molar-refractivity contribution is 6.00. The maximum atomic E-state index is 16.1. The Kier molecular flexibility index (Phi) is 9.33. The van der Waals surface area contributed by atoms with Gasteiger partial charge in [0.05, 0.1) is 46.2 Å². The van der Waals surface area contributed by atoms with Gasteiger partial charge in [-0.3, -0.25) is 28.1 Å². The van der Waals surface area contributed by atoms with Crippen LogP contribution in [-0.4, -0.2) is 73.0 Å². The highest BCUT2D eigenvalue weighted by Crippen LogP contribution is 2.51. The number of amides is 1. The van der Waals surface area contributed by atoms with Gasteiger partial charge < -0.3 is 14.2 Å². The molecule has 1 N–H and O–H groups in total. The highest BCUT2D eigenvalue weighted by Gasteiger charge is 2.52. The lowest BCUT2D eigenvalue weighted by Gasteiger charge is -2.35. The molecule has 65 heavy (non-hydrogen) atoms. The fourth-order valence-corrected chi connectivity index (χ4v) is 10.6. The molecule has 8 aromatic rings. The number of fused-ring (bicyclic) bond motifs is 3. The number of carbonyl (C=O) groups excluding carboxylic acids is 1. The van der Waals surface area contributed by atoms with Gasteiger partial charge in [-0.05, 0) is 119 Å². The molecule has 2 fully saturated rings. The topological polar surface area (TPSA) is 156 Å². The van der Waals surface area contributed by atoms with E-state index in [1.165, 1.54) is 33.7 Å². The SMILES string of the molecule is C[C@H](c1ccc(F)cc1)n1nc2c(c1-n1ccn(-c3ccc4c(cnn4C)c3F)c1=O)[C@H](C)N(C(=O)c1cc3cc(C[C@H]4CCOC(C)(C)C4)ccc3n1C1(c3noc(=O)[nH]3)CC1)CC2. The van der Waals surface area contributed by atoms with Crippen LogP contribution in [0.5, 0.6) is 0 Å². The zero-order chi connectivity index (χ0) is 45.1. The average molecular weight is 883 g/mol. The van der Waals surface area contributed by atoms with Crippen LogP contribution in [0.2, 0.25) is 0 Å². The predicted octanol–water partition coefficient (Wildman–Crippen LogP) is 7.27. The Hall–Kier alpha value is -6.88. The van der Waals surface area contributed by atoms with Crippen LogP contribution in [0.3, 0.4) is 0 Å². The molecule has 7 heterocycles. The van der Waals surface area contributed by atoms with Crippen molar-refractivity contribution in [3.05, 3.63) is 146 Å². The fourth-order valence-electron chi connectivity index (χ4n) is 10.6. The lowest BCUT2D eigenvalue weighted by molar-refractivity contribution is -0.0721. The molecule has 11 rings (SSSR count). The largest absolute Gasteiger partial charge is 0.438 e. The molecule has 1 amide bonds. The number of aryl methyl sites for hydroxylation is 1. The Morgan fingerprint density at radius 2 is 1.77 bits per heavy atom. The van der Waals surface area contributed by atoms with Crippen molar-refractivity contribution < 1.29 is 22.8 Å². The normalized spacial score (nSPS) is 19.5. The molecule has 5 aromatic heterocycles. The molecular formula is C48H48F2N10O5. The summed E-state index contributed by atoms with van der Waals surface area (Å²) in [4.78, 5) is 47.0. The maximum Gasteiger partial charge on any atom is 0.438 e. The summed E-state index contributed by atoms with van der Waals surface area (Å²) in [5.41, 5.74) is 3.64. The first-order valence-corrected chi connectivity index (χ1v) is 22.2. The molecule has 15 nitrogen and oxygen atoms in total. The Bertz CT molecular complexity index is 3310. The molecule has 3 aliphatic rings. The summed E-state index contributed by atoms with van der Waals surface area (Å²) in [6.45, 7) is 9.15. The van der Waals surface area contributed by atoms with Gasteiger partial charge >= 0.3 is 11.4 Å². The van der Waals surface area contributed by atoms with E-state index in [4.69, 9.17) is 14.4 Å². The third kappa shape index (κ3) is 6.60. The van der Waals surface area contributed by atoms with Crippen molar-refractivity contribution in [1.29, 1.82) is 0 Å². The quantitative estimate of drug-likeness (QED) is 0.159. The zero-order valence-electron chi connectivity index (χ0n) is 36.7. The van der Waals surface area contributed by atoms with Gasteiger partial charge in [0.15, 0.2) is 11.6 Å². The summed E-state index contributed by atoms with van der Waals surface area (Å²) in [5.74, 6) is -0.665. The van der Waals surface area contributed by atoms with E-state index in [1.807, 2.05) is 24.5 Å². The monoisotopic (exact) mass is 882 g/mol. The Morgan fingerprint density at radius 1 is 1.00 bits per heavy atom. The molecule has 1 aliphatic carbocycles. The summed E-state index contributed by atoms with van der Waals surface area (Å²) in [7, 11) is 1.72. The van der Waals surface area contributed by atoms with E-state index in [-0.39, 0.29) is 28.4 Å². The van der Waals surface area contributed by atoms with Crippen molar-refractivity contribution >= 4 is 27.7 Å². The summed E-state index contributed by atoms with van der Waals surface area (Å²) in [6.07, 6.45) is 8.96. The van der Waals surface area contributed by atoms with Crippen molar-refractivity contribution in [3.8, 4) is 11.5 Å². The number of nitrogens with one attached hydrogen (secondary N) is 1. The second kappa shape index (κ2) is 14.8. The first kappa shape index (κ1) is 40.9. The molecular weight excluding hydrogens is 835 g/mol. The van der Waals surface area contributed by atoms with Gasteiger partial charge in [-0.2, -0.15) is 10.2 Å². The lowest BCUT2D eigenvalue weighted by atomic mass is 9.84. The number of hydrogen-bond acceptors (Lipinski definition) is 8. The number of carbonyl (C=O) groups is 1. The van der Waals surface area contributed by atoms with Crippen LogP contribution in [0.15, 0.2) is 93.4 Å². The van der Waals surface area contributed by atoms with Crippen LogP contribution < -0.4 is 11.4 Å².